The molecule has 0 radical (unpaired) electrons. The van der Waals surface area contributed by atoms with Gasteiger partial charge in [0.1, 0.15) is 23.9 Å². The summed E-state index contributed by atoms with van der Waals surface area (Å²) in [5.74, 6) is 1.22. The average Bonchev–Trinajstić information content (AvgIpc) is 3.09. The lowest BCUT2D eigenvalue weighted by Crippen LogP contribution is -2.36. The van der Waals surface area contributed by atoms with E-state index in [9.17, 15) is 4.39 Å². The van der Waals surface area contributed by atoms with Crippen molar-refractivity contribution in [3.8, 4) is 17.0 Å². The van der Waals surface area contributed by atoms with Crippen molar-refractivity contribution in [1.82, 2.24) is 9.38 Å². The van der Waals surface area contributed by atoms with Crippen LogP contribution in [0.25, 0.3) is 16.9 Å². The first-order valence-corrected chi connectivity index (χ1v) is 11.3. The molecule has 4 aromatic rings. The minimum absolute atomic E-state index is 0.139. The van der Waals surface area contributed by atoms with Gasteiger partial charge < -0.3 is 10.1 Å². The largest absolute Gasteiger partial charge is 0.485 e. The summed E-state index contributed by atoms with van der Waals surface area (Å²) in [7, 11) is 0. The Hall–Kier alpha value is -3.34. The number of hydrogen-bond donors (Lipinski definition) is 1. The number of hydrogen-bond acceptors (Lipinski definition) is 3. The summed E-state index contributed by atoms with van der Waals surface area (Å²) < 4.78 is 22.3. The van der Waals surface area contributed by atoms with Crippen molar-refractivity contribution in [1.29, 1.82) is 0 Å². The Morgan fingerprint density at radius 1 is 0.939 bits per heavy atom. The van der Waals surface area contributed by atoms with Crippen LogP contribution in [-0.2, 0) is 6.61 Å². The number of rotatable bonds is 7. The van der Waals surface area contributed by atoms with E-state index in [2.05, 4.69) is 39.9 Å². The van der Waals surface area contributed by atoms with Crippen molar-refractivity contribution in [2.24, 2.45) is 5.41 Å². The van der Waals surface area contributed by atoms with Gasteiger partial charge in [0, 0.05) is 17.3 Å². The van der Waals surface area contributed by atoms with E-state index >= 15 is 0 Å². The molecule has 4 nitrogen and oxygen atoms in total. The fraction of sp³-hybridized carbons (Fsp3) is 0.321. The zero-order chi connectivity index (χ0) is 23.6. The molecule has 2 aromatic carbocycles. The van der Waals surface area contributed by atoms with Crippen molar-refractivity contribution in [3.63, 3.8) is 0 Å². The Kier molecular flexibility index (Phi) is 6.15. The number of pyridine rings is 1. The number of halogens is 1. The van der Waals surface area contributed by atoms with Crippen molar-refractivity contribution in [2.45, 2.75) is 53.2 Å². The summed E-state index contributed by atoms with van der Waals surface area (Å²) in [5.41, 5.74) is 3.13. The summed E-state index contributed by atoms with van der Waals surface area (Å²) in [6.45, 7) is 11.5. The molecule has 0 bridgehead atoms. The van der Waals surface area contributed by atoms with Crippen LogP contribution >= 0.6 is 0 Å². The van der Waals surface area contributed by atoms with Gasteiger partial charge in [-0.1, -0.05) is 63.2 Å². The number of aromatic nitrogens is 2. The monoisotopic (exact) mass is 445 g/mol. The van der Waals surface area contributed by atoms with Crippen LogP contribution in [0.15, 0.2) is 72.9 Å². The van der Waals surface area contributed by atoms with Crippen LogP contribution in [0.4, 0.5) is 10.2 Å². The molecule has 1 N–H and O–H groups in total. The number of imidazole rings is 1. The Bertz CT molecular complexity index is 1240. The van der Waals surface area contributed by atoms with E-state index in [4.69, 9.17) is 9.72 Å². The smallest absolute Gasteiger partial charge is 0.181 e. The molecule has 5 heteroatoms. The van der Waals surface area contributed by atoms with Crippen molar-refractivity contribution < 1.29 is 9.13 Å². The highest BCUT2D eigenvalue weighted by atomic mass is 19.1. The number of fused-ring (bicyclic) bond motifs is 1. The second kappa shape index (κ2) is 8.89. The molecule has 0 aliphatic rings. The van der Waals surface area contributed by atoms with Crippen LogP contribution in [0.3, 0.4) is 0 Å². The normalized spacial score (nSPS) is 12.2. The van der Waals surface area contributed by atoms with E-state index in [0.29, 0.717) is 23.7 Å². The SMILES string of the molecule is CC(C)(C)CC(C)(C)Nc1c(-c2cccc(F)c2)nc2c(OCc3ccccc3)cccn12. The first-order valence-electron chi connectivity index (χ1n) is 11.3. The summed E-state index contributed by atoms with van der Waals surface area (Å²) in [6, 6.07) is 20.5. The van der Waals surface area contributed by atoms with Crippen molar-refractivity contribution in [3.05, 3.63) is 84.3 Å². The zero-order valence-corrected chi connectivity index (χ0v) is 20.0. The maximum Gasteiger partial charge on any atom is 0.181 e. The third-order valence-corrected chi connectivity index (χ3v) is 5.38. The van der Waals surface area contributed by atoms with Gasteiger partial charge in [-0.15, -0.1) is 0 Å². The third-order valence-electron chi connectivity index (χ3n) is 5.38. The molecule has 0 fully saturated rings. The molecule has 2 aromatic heterocycles. The lowest BCUT2D eigenvalue weighted by Gasteiger charge is -2.34. The van der Waals surface area contributed by atoms with E-state index in [0.717, 1.165) is 23.4 Å². The topological polar surface area (TPSA) is 38.6 Å². The molecule has 2 heterocycles. The summed E-state index contributed by atoms with van der Waals surface area (Å²) in [6.07, 6.45) is 2.91. The molecule has 33 heavy (non-hydrogen) atoms. The minimum atomic E-state index is -0.287. The van der Waals surface area contributed by atoms with Crippen LogP contribution in [0.1, 0.15) is 46.6 Å². The second-order valence-corrected chi connectivity index (χ2v) is 10.4. The van der Waals surface area contributed by atoms with Crippen LogP contribution in [0, 0.1) is 11.2 Å². The first-order chi connectivity index (χ1) is 15.6. The summed E-state index contributed by atoms with van der Waals surface area (Å²) in [5, 5.41) is 3.71. The fourth-order valence-electron chi connectivity index (χ4n) is 4.54. The molecule has 0 saturated carbocycles. The van der Waals surface area contributed by atoms with Crippen molar-refractivity contribution >= 4 is 11.5 Å². The molecule has 0 unspecified atom stereocenters. The highest BCUT2D eigenvalue weighted by Gasteiger charge is 2.28. The van der Waals surface area contributed by atoms with Crippen LogP contribution in [0.2, 0.25) is 0 Å². The van der Waals surface area contributed by atoms with Gasteiger partial charge >= 0.3 is 0 Å². The second-order valence-electron chi connectivity index (χ2n) is 10.4. The lowest BCUT2D eigenvalue weighted by atomic mass is 9.82. The highest BCUT2D eigenvalue weighted by molar-refractivity contribution is 5.79. The number of benzene rings is 2. The number of nitrogens with one attached hydrogen (secondary N) is 1. The van der Waals surface area contributed by atoms with Gasteiger partial charge in [-0.2, -0.15) is 0 Å². The Morgan fingerprint density at radius 2 is 1.70 bits per heavy atom. The summed E-state index contributed by atoms with van der Waals surface area (Å²) >= 11 is 0. The predicted octanol–water partition coefficient (Wildman–Crippen LogP) is 7.35. The van der Waals surface area contributed by atoms with Gasteiger partial charge in [0.2, 0.25) is 0 Å². The van der Waals surface area contributed by atoms with Gasteiger partial charge in [-0.3, -0.25) is 4.40 Å². The first kappa shape index (κ1) is 22.8. The number of anilines is 1. The van der Waals surface area contributed by atoms with Crippen LogP contribution in [-0.4, -0.2) is 14.9 Å². The van der Waals surface area contributed by atoms with Gasteiger partial charge in [-0.25, -0.2) is 9.37 Å². The Balaban J connectivity index is 1.79. The van der Waals surface area contributed by atoms with Crippen LogP contribution in [0.5, 0.6) is 5.75 Å². The maximum absolute atomic E-state index is 14.1. The quantitative estimate of drug-likeness (QED) is 0.323. The molecule has 4 rings (SSSR count). The maximum atomic E-state index is 14.1. The van der Waals surface area contributed by atoms with Gasteiger partial charge in [0.15, 0.2) is 11.4 Å². The van der Waals surface area contributed by atoms with Crippen molar-refractivity contribution in [2.75, 3.05) is 5.32 Å². The third kappa shape index (κ3) is 5.54. The van der Waals surface area contributed by atoms with E-state index in [1.807, 2.05) is 59.1 Å². The molecular formula is C28H32FN3O. The molecule has 0 spiro atoms. The Morgan fingerprint density at radius 3 is 2.39 bits per heavy atom. The average molecular weight is 446 g/mol. The molecule has 0 aliphatic carbocycles. The summed E-state index contributed by atoms with van der Waals surface area (Å²) in [4.78, 5) is 4.93. The molecule has 0 amide bonds. The predicted molar refractivity (Wildman–Crippen MR) is 133 cm³/mol. The van der Waals surface area contributed by atoms with Gasteiger partial charge in [0.05, 0.1) is 0 Å². The van der Waals surface area contributed by atoms with E-state index in [1.54, 1.807) is 6.07 Å². The van der Waals surface area contributed by atoms with E-state index < -0.39 is 0 Å². The molecule has 0 atom stereocenters. The van der Waals surface area contributed by atoms with E-state index in [-0.39, 0.29) is 16.8 Å². The van der Waals surface area contributed by atoms with E-state index in [1.165, 1.54) is 12.1 Å². The Labute approximate surface area is 195 Å². The number of nitrogens with zero attached hydrogens (tertiary/aromatic N) is 2. The molecule has 0 aliphatic heterocycles. The van der Waals surface area contributed by atoms with Crippen LogP contribution < -0.4 is 10.1 Å². The fourth-order valence-corrected chi connectivity index (χ4v) is 4.54. The highest BCUT2D eigenvalue weighted by Crippen LogP contribution is 2.36. The molecule has 172 valence electrons. The standard InChI is InChI=1S/C28H32FN3O/c1-27(2,3)19-28(4,5)31-26-24(21-13-9-14-22(29)17-21)30-25-23(15-10-16-32(25)26)33-18-20-11-7-6-8-12-20/h6-17,31H,18-19H2,1-5H3. The molecular weight excluding hydrogens is 413 g/mol. The van der Waals surface area contributed by atoms with Gasteiger partial charge in [-0.05, 0) is 55.5 Å². The zero-order valence-electron chi connectivity index (χ0n) is 20.0. The number of ether oxygens (including phenoxy) is 1. The van der Waals surface area contributed by atoms with Gasteiger partial charge in [0.25, 0.3) is 0 Å². The minimum Gasteiger partial charge on any atom is -0.485 e. The lowest BCUT2D eigenvalue weighted by molar-refractivity contribution is 0.301. The molecule has 0 saturated heterocycles.